The van der Waals surface area contributed by atoms with E-state index in [0.717, 1.165) is 57.9 Å². The van der Waals surface area contributed by atoms with Crippen molar-refractivity contribution in [3.63, 3.8) is 0 Å². The Balaban J connectivity index is 1.31. The smallest absolute Gasteiger partial charge is 0.319 e. The molecule has 7 heteroatoms. The number of nitrogens with one attached hydrogen (secondary N) is 2. The molecular weight excluding hydrogens is 394 g/mol. The van der Waals surface area contributed by atoms with Crippen LogP contribution < -0.4 is 20.1 Å². The summed E-state index contributed by atoms with van der Waals surface area (Å²) in [4.78, 5) is 27.9. The van der Waals surface area contributed by atoms with E-state index < -0.39 is 0 Å². The molecule has 1 aliphatic carbocycles. The number of ether oxygens (including phenoxy) is 2. The van der Waals surface area contributed by atoms with Gasteiger partial charge in [0.25, 0.3) is 0 Å². The highest BCUT2D eigenvalue weighted by molar-refractivity contribution is 5.90. The fourth-order valence-corrected chi connectivity index (χ4v) is 6.72. The number of nitrogens with zero attached hydrogens (tertiary/aromatic N) is 1. The summed E-state index contributed by atoms with van der Waals surface area (Å²) in [6, 6.07) is 5.42. The molecule has 0 aromatic heterocycles. The molecule has 2 saturated heterocycles. The van der Waals surface area contributed by atoms with Crippen LogP contribution in [0.15, 0.2) is 18.2 Å². The molecule has 1 saturated carbocycles. The van der Waals surface area contributed by atoms with Crippen molar-refractivity contribution >= 4 is 17.6 Å². The third-order valence-corrected chi connectivity index (χ3v) is 7.92. The van der Waals surface area contributed by atoms with Crippen molar-refractivity contribution in [1.29, 1.82) is 0 Å². The number of carbonyl (C=O) groups excluding carboxylic acids is 2. The number of rotatable bonds is 4. The zero-order chi connectivity index (χ0) is 21.4. The summed E-state index contributed by atoms with van der Waals surface area (Å²) in [7, 11) is 0. The summed E-state index contributed by atoms with van der Waals surface area (Å²) in [5.41, 5.74) is 0.724. The maximum atomic E-state index is 12.9. The Kier molecular flexibility index (Phi) is 5.44. The first-order chi connectivity index (χ1) is 15.1. The molecule has 31 heavy (non-hydrogen) atoms. The molecule has 1 spiro atoms. The lowest BCUT2D eigenvalue weighted by Crippen LogP contribution is -2.60. The molecule has 3 fully saturated rings. The molecule has 4 atom stereocenters. The first-order valence-corrected chi connectivity index (χ1v) is 11.9. The summed E-state index contributed by atoms with van der Waals surface area (Å²) >= 11 is 0. The van der Waals surface area contributed by atoms with Crippen molar-refractivity contribution in [2.75, 3.05) is 18.7 Å². The maximum Gasteiger partial charge on any atom is 0.319 e. The number of fused-ring (bicyclic) bond motifs is 1. The van der Waals surface area contributed by atoms with Gasteiger partial charge in [-0.15, -0.1) is 0 Å². The molecule has 1 aromatic carbocycles. The largest absolute Gasteiger partial charge is 0.454 e. The molecule has 0 radical (unpaired) electrons. The van der Waals surface area contributed by atoms with Crippen molar-refractivity contribution in [2.24, 2.45) is 11.8 Å². The first-order valence-electron chi connectivity index (χ1n) is 11.9. The van der Waals surface area contributed by atoms with Gasteiger partial charge in [-0.1, -0.05) is 13.3 Å². The van der Waals surface area contributed by atoms with Gasteiger partial charge in [-0.05, 0) is 68.9 Å². The van der Waals surface area contributed by atoms with E-state index in [2.05, 4.69) is 22.5 Å². The van der Waals surface area contributed by atoms with Gasteiger partial charge in [0.15, 0.2) is 11.5 Å². The first kappa shape index (κ1) is 20.5. The Morgan fingerprint density at radius 3 is 2.94 bits per heavy atom. The molecule has 2 N–H and O–H groups in total. The van der Waals surface area contributed by atoms with Crippen molar-refractivity contribution in [2.45, 2.75) is 76.3 Å². The average Bonchev–Trinajstić information content (AvgIpc) is 3.36. The van der Waals surface area contributed by atoms with Crippen LogP contribution in [-0.4, -0.2) is 41.8 Å². The van der Waals surface area contributed by atoms with E-state index in [1.54, 1.807) is 6.07 Å². The van der Waals surface area contributed by atoms with E-state index in [1.807, 2.05) is 12.1 Å². The summed E-state index contributed by atoms with van der Waals surface area (Å²) in [6.07, 6.45) is 9.09. The number of carbonyl (C=O) groups is 2. The molecular formula is C24H33N3O4. The summed E-state index contributed by atoms with van der Waals surface area (Å²) in [5.74, 6) is 2.60. The molecule has 7 nitrogen and oxygen atoms in total. The fraction of sp³-hybridized carbons (Fsp3) is 0.667. The number of anilines is 1. The minimum Gasteiger partial charge on any atom is -0.454 e. The van der Waals surface area contributed by atoms with Crippen LogP contribution in [0.25, 0.3) is 0 Å². The third kappa shape index (κ3) is 3.62. The highest BCUT2D eigenvalue weighted by Crippen LogP contribution is 2.52. The van der Waals surface area contributed by atoms with Gasteiger partial charge in [-0.3, -0.25) is 4.79 Å². The second-order valence-corrected chi connectivity index (χ2v) is 9.52. The lowest BCUT2D eigenvalue weighted by Gasteiger charge is -2.53. The monoisotopic (exact) mass is 427 g/mol. The number of benzene rings is 1. The minimum atomic E-state index is -0.172. The van der Waals surface area contributed by atoms with Crippen LogP contribution in [0.5, 0.6) is 11.5 Å². The number of hydrogen-bond acceptors (Lipinski definition) is 4. The molecule has 4 aliphatic rings. The Morgan fingerprint density at radius 2 is 2.06 bits per heavy atom. The molecule has 3 amide bonds. The minimum absolute atomic E-state index is 0.0272. The van der Waals surface area contributed by atoms with Crippen LogP contribution >= 0.6 is 0 Å². The number of amides is 3. The van der Waals surface area contributed by atoms with E-state index in [4.69, 9.17) is 9.47 Å². The van der Waals surface area contributed by atoms with Gasteiger partial charge in [0.1, 0.15) is 0 Å². The van der Waals surface area contributed by atoms with Crippen molar-refractivity contribution in [3.8, 4) is 11.5 Å². The van der Waals surface area contributed by atoms with Gasteiger partial charge in [-0.2, -0.15) is 0 Å². The van der Waals surface area contributed by atoms with Gasteiger partial charge < -0.3 is 25.0 Å². The molecule has 1 aromatic rings. The molecule has 0 unspecified atom stereocenters. The Morgan fingerprint density at radius 1 is 1.19 bits per heavy atom. The highest BCUT2D eigenvalue weighted by atomic mass is 16.7. The lowest BCUT2D eigenvalue weighted by molar-refractivity contribution is -0.138. The predicted octanol–water partition coefficient (Wildman–Crippen LogP) is 4.28. The second-order valence-electron chi connectivity index (χ2n) is 9.52. The van der Waals surface area contributed by atoms with Crippen LogP contribution in [0.3, 0.4) is 0 Å². The Bertz CT molecular complexity index is 859. The highest BCUT2D eigenvalue weighted by Gasteiger charge is 2.55. The standard InChI is InChI=1S/C24H33N3O4/c1-2-5-17-18-6-3-7-22(28)27-13-4-11-24(18,27)12-10-19(17)26-23(29)25-16-8-9-20-21(14-16)31-15-30-20/h8-9,14,17-19H,2-7,10-13,15H2,1H3,(H2,25,26,29)/t17-,18+,19+,24-/m1/s1. The van der Waals surface area contributed by atoms with Crippen LogP contribution in [0.4, 0.5) is 10.5 Å². The van der Waals surface area contributed by atoms with Gasteiger partial charge in [-0.25, -0.2) is 4.79 Å². The molecule has 3 heterocycles. The van der Waals surface area contributed by atoms with Gasteiger partial charge >= 0.3 is 6.03 Å². The lowest BCUT2D eigenvalue weighted by atomic mass is 9.61. The van der Waals surface area contributed by atoms with E-state index in [9.17, 15) is 9.59 Å². The number of urea groups is 1. The van der Waals surface area contributed by atoms with E-state index in [-0.39, 0.29) is 24.4 Å². The van der Waals surface area contributed by atoms with Crippen molar-refractivity contribution in [3.05, 3.63) is 18.2 Å². The number of hydrogen-bond donors (Lipinski definition) is 2. The Hall–Kier alpha value is -2.44. The van der Waals surface area contributed by atoms with Gasteiger partial charge in [0, 0.05) is 36.3 Å². The SMILES string of the molecule is CCC[C@H]1[C@@H](NC(=O)Nc2ccc3c(c2)OCO3)CC[C@@]23CCCN2C(=O)CCC[C@@H]13. The van der Waals surface area contributed by atoms with Crippen LogP contribution in [-0.2, 0) is 4.79 Å². The van der Waals surface area contributed by atoms with Crippen LogP contribution in [0, 0.1) is 11.8 Å². The summed E-state index contributed by atoms with van der Waals surface area (Å²) < 4.78 is 10.8. The van der Waals surface area contributed by atoms with E-state index in [1.165, 1.54) is 0 Å². The summed E-state index contributed by atoms with van der Waals surface area (Å²) in [5, 5.41) is 6.25. The molecule has 3 aliphatic heterocycles. The zero-order valence-electron chi connectivity index (χ0n) is 18.3. The third-order valence-electron chi connectivity index (χ3n) is 7.92. The van der Waals surface area contributed by atoms with E-state index >= 15 is 0 Å². The van der Waals surface area contributed by atoms with Crippen LogP contribution in [0.2, 0.25) is 0 Å². The zero-order valence-corrected chi connectivity index (χ0v) is 18.3. The fourth-order valence-electron chi connectivity index (χ4n) is 6.72. The quantitative estimate of drug-likeness (QED) is 0.752. The Labute approximate surface area is 183 Å². The van der Waals surface area contributed by atoms with E-state index in [0.29, 0.717) is 41.4 Å². The average molecular weight is 428 g/mol. The summed E-state index contributed by atoms with van der Waals surface area (Å²) in [6.45, 7) is 3.35. The normalized spacial score (nSPS) is 31.6. The predicted molar refractivity (Wildman–Crippen MR) is 117 cm³/mol. The van der Waals surface area contributed by atoms with Gasteiger partial charge in [0.05, 0.1) is 0 Å². The van der Waals surface area contributed by atoms with Crippen molar-refractivity contribution < 1.29 is 19.1 Å². The second kappa shape index (κ2) is 8.24. The van der Waals surface area contributed by atoms with Crippen LogP contribution in [0.1, 0.15) is 64.7 Å². The van der Waals surface area contributed by atoms with Gasteiger partial charge in [0.2, 0.25) is 12.7 Å². The molecule has 168 valence electrons. The molecule has 0 bridgehead atoms. The maximum absolute atomic E-state index is 12.9. The molecule has 5 rings (SSSR count). The topological polar surface area (TPSA) is 79.9 Å². The van der Waals surface area contributed by atoms with Crippen molar-refractivity contribution in [1.82, 2.24) is 10.2 Å².